The molecule has 3 heteroatoms. The van der Waals surface area contributed by atoms with Crippen LogP contribution in [0, 0.1) is 0 Å². The van der Waals surface area contributed by atoms with Gasteiger partial charge >= 0.3 is 0 Å². The summed E-state index contributed by atoms with van der Waals surface area (Å²) in [5.41, 5.74) is 1.28. The maximum atomic E-state index is 5.58. The van der Waals surface area contributed by atoms with Crippen LogP contribution in [0.3, 0.4) is 0 Å². The first kappa shape index (κ1) is 14.1. The van der Waals surface area contributed by atoms with Crippen molar-refractivity contribution in [3.63, 3.8) is 0 Å². The molecule has 0 amide bonds. The molecule has 0 bridgehead atoms. The van der Waals surface area contributed by atoms with Crippen LogP contribution in [0.2, 0.25) is 0 Å². The second kappa shape index (κ2) is 7.31. The first-order valence-corrected chi connectivity index (χ1v) is 7.66. The van der Waals surface area contributed by atoms with Gasteiger partial charge in [-0.1, -0.05) is 25.1 Å². The average molecular weight is 275 g/mol. The fourth-order valence-corrected chi connectivity index (χ4v) is 2.59. The van der Waals surface area contributed by atoms with E-state index in [2.05, 4.69) is 48.8 Å². The van der Waals surface area contributed by atoms with E-state index in [1.807, 2.05) is 12.1 Å². The SMILES string of the molecule is CCCOc1ccc(CN[C@H](C)c2cccs2)cc1. The summed E-state index contributed by atoms with van der Waals surface area (Å²) in [6.07, 6.45) is 1.04. The van der Waals surface area contributed by atoms with Gasteiger partial charge in [0.15, 0.2) is 0 Å². The van der Waals surface area contributed by atoms with Crippen molar-refractivity contribution in [1.29, 1.82) is 0 Å². The minimum atomic E-state index is 0.399. The number of hydrogen-bond donors (Lipinski definition) is 1. The van der Waals surface area contributed by atoms with Gasteiger partial charge in [0.1, 0.15) is 5.75 Å². The Bertz CT molecular complexity index is 464. The summed E-state index contributed by atoms with van der Waals surface area (Å²) in [7, 11) is 0. The van der Waals surface area contributed by atoms with E-state index in [-0.39, 0.29) is 0 Å². The predicted octanol–water partition coefficient (Wildman–Crippen LogP) is 4.39. The lowest BCUT2D eigenvalue weighted by atomic mass is 10.2. The van der Waals surface area contributed by atoms with Crippen molar-refractivity contribution in [3.05, 3.63) is 52.2 Å². The predicted molar refractivity (Wildman–Crippen MR) is 81.8 cm³/mol. The topological polar surface area (TPSA) is 21.3 Å². The summed E-state index contributed by atoms with van der Waals surface area (Å²) in [6, 6.07) is 13.0. The number of rotatable bonds is 7. The molecule has 0 aliphatic rings. The second-order valence-electron chi connectivity index (χ2n) is 4.61. The molecule has 1 N–H and O–H groups in total. The van der Waals surface area contributed by atoms with Gasteiger partial charge in [0, 0.05) is 17.5 Å². The van der Waals surface area contributed by atoms with Crippen LogP contribution in [0.1, 0.15) is 36.8 Å². The van der Waals surface area contributed by atoms with Crippen molar-refractivity contribution in [2.75, 3.05) is 6.61 Å². The molecule has 0 saturated carbocycles. The molecule has 102 valence electrons. The van der Waals surface area contributed by atoms with E-state index in [0.29, 0.717) is 6.04 Å². The highest BCUT2D eigenvalue weighted by Crippen LogP contribution is 2.19. The first-order chi connectivity index (χ1) is 9.29. The molecule has 0 fully saturated rings. The quantitative estimate of drug-likeness (QED) is 0.809. The highest BCUT2D eigenvalue weighted by atomic mass is 32.1. The van der Waals surface area contributed by atoms with Crippen LogP contribution in [-0.2, 0) is 6.54 Å². The van der Waals surface area contributed by atoms with E-state index in [9.17, 15) is 0 Å². The normalized spacial score (nSPS) is 12.3. The third-order valence-corrected chi connectivity index (χ3v) is 4.03. The Morgan fingerprint density at radius 2 is 2.00 bits per heavy atom. The van der Waals surface area contributed by atoms with Crippen LogP contribution < -0.4 is 10.1 Å². The summed E-state index contributed by atoms with van der Waals surface area (Å²) >= 11 is 1.80. The van der Waals surface area contributed by atoms with Crippen molar-refractivity contribution in [3.8, 4) is 5.75 Å². The molecule has 19 heavy (non-hydrogen) atoms. The summed E-state index contributed by atoms with van der Waals surface area (Å²) < 4.78 is 5.58. The number of benzene rings is 1. The molecule has 0 saturated heterocycles. The highest BCUT2D eigenvalue weighted by Gasteiger charge is 2.05. The zero-order valence-corrected chi connectivity index (χ0v) is 12.4. The molecule has 1 atom stereocenters. The molecule has 1 heterocycles. The summed E-state index contributed by atoms with van der Waals surface area (Å²) in [6.45, 7) is 5.98. The maximum Gasteiger partial charge on any atom is 0.119 e. The van der Waals surface area contributed by atoms with Crippen LogP contribution in [0.25, 0.3) is 0 Å². The molecule has 2 nitrogen and oxygen atoms in total. The van der Waals surface area contributed by atoms with Gasteiger partial charge in [-0.25, -0.2) is 0 Å². The third kappa shape index (κ3) is 4.37. The van der Waals surface area contributed by atoms with Crippen LogP contribution in [-0.4, -0.2) is 6.61 Å². The highest BCUT2D eigenvalue weighted by molar-refractivity contribution is 7.10. The van der Waals surface area contributed by atoms with E-state index in [0.717, 1.165) is 25.3 Å². The fraction of sp³-hybridized carbons (Fsp3) is 0.375. The van der Waals surface area contributed by atoms with E-state index in [1.165, 1.54) is 10.4 Å². The Morgan fingerprint density at radius 3 is 2.63 bits per heavy atom. The largest absolute Gasteiger partial charge is 0.494 e. The fourth-order valence-electron chi connectivity index (χ4n) is 1.83. The first-order valence-electron chi connectivity index (χ1n) is 6.78. The Kier molecular flexibility index (Phi) is 5.43. The standard InChI is InChI=1S/C16H21NOS/c1-3-10-18-15-8-6-14(7-9-15)12-17-13(2)16-5-4-11-19-16/h4-9,11,13,17H,3,10,12H2,1-2H3/t13-/m1/s1. The zero-order chi connectivity index (χ0) is 13.5. The van der Waals surface area contributed by atoms with Gasteiger partial charge in [0.25, 0.3) is 0 Å². The van der Waals surface area contributed by atoms with Crippen LogP contribution in [0.4, 0.5) is 0 Å². The van der Waals surface area contributed by atoms with Gasteiger partial charge in [0.05, 0.1) is 6.61 Å². The third-order valence-electron chi connectivity index (χ3n) is 2.98. The molecule has 0 aliphatic heterocycles. The number of nitrogens with one attached hydrogen (secondary N) is 1. The van der Waals surface area contributed by atoms with E-state index in [4.69, 9.17) is 4.74 Å². The summed E-state index contributed by atoms with van der Waals surface area (Å²) in [4.78, 5) is 1.38. The summed E-state index contributed by atoms with van der Waals surface area (Å²) in [5, 5.41) is 5.65. The monoisotopic (exact) mass is 275 g/mol. The Labute approximate surface area is 119 Å². The molecule has 1 aromatic carbocycles. The van der Waals surface area contributed by atoms with Gasteiger partial charge < -0.3 is 10.1 Å². The molecule has 0 radical (unpaired) electrons. The van der Waals surface area contributed by atoms with Gasteiger partial charge in [-0.05, 0) is 42.5 Å². The average Bonchev–Trinajstić information content (AvgIpc) is 2.98. The van der Waals surface area contributed by atoms with Crippen molar-refractivity contribution in [2.24, 2.45) is 0 Å². The lowest BCUT2D eigenvalue weighted by molar-refractivity contribution is 0.317. The van der Waals surface area contributed by atoms with Crippen LogP contribution in [0.5, 0.6) is 5.75 Å². The minimum absolute atomic E-state index is 0.399. The second-order valence-corrected chi connectivity index (χ2v) is 5.59. The van der Waals surface area contributed by atoms with Crippen molar-refractivity contribution in [2.45, 2.75) is 32.9 Å². The number of ether oxygens (including phenoxy) is 1. The van der Waals surface area contributed by atoms with Crippen molar-refractivity contribution >= 4 is 11.3 Å². The number of thiophene rings is 1. The molecular weight excluding hydrogens is 254 g/mol. The Hall–Kier alpha value is -1.32. The smallest absolute Gasteiger partial charge is 0.119 e. The lowest BCUT2D eigenvalue weighted by Gasteiger charge is -2.12. The summed E-state index contributed by atoms with van der Waals surface area (Å²) in [5.74, 6) is 0.955. The Balaban J connectivity index is 1.82. The van der Waals surface area contributed by atoms with E-state index >= 15 is 0 Å². The van der Waals surface area contributed by atoms with E-state index < -0.39 is 0 Å². The van der Waals surface area contributed by atoms with Gasteiger partial charge in [-0.2, -0.15) is 0 Å². The van der Waals surface area contributed by atoms with Crippen molar-refractivity contribution < 1.29 is 4.74 Å². The molecule has 1 aromatic heterocycles. The van der Waals surface area contributed by atoms with Gasteiger partial charge in [-0.15, -0.1) is 11.3 Å². The lowest BCUT2D eigenvalue weighted by Crippen LogP contribution is -2.17. The molecule has 0 unspecified atom stereocenters. The molecule has 2 aromatic rings. The zero-order valence-electron chi connectivity index (χ0n) is 11.6. The maximum absolute atomic E-state index is 5.58. The van der Waals surface area contributed by atoms with Gasteiger partial charge in [0.2, 0.25) is 0 Å². The van der Waals surface area contributed by atoms with Crippen LogP contribution >= 0.6 is 11.3 Å². The van der Waals surface area contributed by atoms with E-state index in [1.54, 1.807) is 11.3 Å². The molecule has 0 aliphatic carbocycles. The van der Waals surface area contributed by atoms with Crippen LogP contribution in [0.15, 0.2) is 41.8 Å². The number of hydrogen-bond acceptors (Lipinski definition) is 3. The van der Waals surface area contributed by atoms with Crippen molar-refractivity contribution in [1.82, 2.24) is 5.32 Å². The minimum Gasteiger partial charge on any atom is -0.494 e. The molecule has 2 rings (SSSR count). The molecular formula is C16H21NOS. The van der Waals surface area contributed by atoms with Gasteiger partial charge in [-0.3, -0.25) is 0 Å². The molecule has 0 spiro atoms. The Morgan fingerprint density at radius 1 is 1.21 bits per heavy atom.